The van der Waals surface area contributed by atoms with Crippen molar-refractivity contribution in [1.29, 1.82) is 0 Å². The molecule has 1 unspecified atom stereocenters. The van der Waals surface area contributed by atoms with Crippen LogP contribution in [0, 0.1) is 11.8 Å². The summed E-state index contributed by atoms with van der Waals surface area (Å²) in [7, 11) is 0. The molecule has 0 aromatic carbocycles. The highest BCUT2D eigenvalue weighted by Crippen LogP contribution is 2.05. The van der Waals surface area contributed by atoms with Crippen molar-refractivity contribution < 1.29 is 9.90 Å². The van der Waals surface area contributed by atoms with Crippen LogP contribution in [0.3, 0.4) is 0 Å². The van der Waals surface area contributed by atoms with Gasteiger partial charge in [0.15, 0.2) is 0 Å². The summed E-state index contributed by atoms with van der Waals surface area (Å²) in [6.07, 6.45) is 0.669. The van der Waals surface area contributed by atoms with Crippen molar-refractivity contribution in [3.05, 3.63) is 0 Å². The van der Waals surface area contributed by atoms with Crippen LogP contribution in [0.5, 0.6) is 0 Å². The van der Waals surface area contributed by atoms with Gasteiger partial charge in [-0.3, -0.25) is 4.79 Å². The van der Waals surface area contributed by atoms with Crippen LogP contribution >= 0.6 is 0 Å². The fraction of sp³-hybridized carbons (Fsp3) is 0.909. The van der Waals surface area contributed by atoms with E-state index in [-0.39, 0.29) is 24.5 Å². The molecule has 15 heavy (non-hydrogen) atoms. The largest absolute Gasteiger partial charge is 0.394 e. The van der Waals surface area contributed by atoms with Crippen molar-refractivity contribution in [2.45, 2.75) is 46.2 Å². The Morgan fingerprint density at radius 1 is 1.33 bits per heavy atom. The molecule has 0 spiro atoms. The van der Waals surface area contributed by atoms with Crippen molar-refractivity contribution in [2.24, 2.45) is 17.6 Å². The first-order valence-corrected chi connectivity index (χ1v) is 5.55. The molecule has 0 aliphatic heterocycles. The van der Waals surface area contributed by atoms with Crippen molar-refractivity contribution in [3.8, 4) is 0 Å². The summed E-state index contributed by atoms with van der Waals surface area (Å²) in [5.74, 6) is 0.444. The Labute approximate surface area is 92.2 Å². The summed E-state index contributed by atoms with van der Waals surface area (Å²) in [6.45, 7) is 7.92. The summed E-state index contributed by atoms with van der Waals surface area (Å²) in [5.41, 5.74) is 5.73. The van der Waals surface area contributed by atoms with E-state index in [0.717, 1.165) is 0 Å². The van der Waals surface area contributed by atoms with Crippen molar-refractivity contribution in [1.82, 2.24) is 5.32 Å². The number of nitrogens with one attached hydrogen (secondary N) is 1. The third-order valence-corrected chi connectivity index (χ3v) is 2.39. The summed E-state index contributed by atoms with van der Waals surface area (Å²) in [5, 5.41) is 11.8. The summed E-state index contributed by atoms with van der Waals surface area (Å²) in [6, 6.07) is -0.673. The Morgan fingerprint density at radius 3 is 2.20 bits per heavy atom. The molecule has 0 bridgehead atoms. The first-order chi connectivity index (χ1) is 6.88. The molecule has 0 fully saturated rings. The molecule has 0 heterocycles. The van der Waals surface area contributed by atoms with E-state index in [1.54, 1.807) is 0 Å². The molecule has 0 aromatic heterocycles. The van der Waals surface area contributed by atoms with E-state index in [4.69, 9.17) is 10.8 Å². The standard InChI is InChI=1S/C11H24N2O2/c1-7(2)5-9(12)11(15)13-10(6-14)8(3)4/h7-10,14H,5-6,12H2,1-4H3,(H,13,15)/t9-,10?/m1/s1. The number of amides is 1. The molecule has 2 atom stereocenters. The Balaban J connectivity index is 4.10. The number of carbonyl (C=O) groups excluding carboxylic acids is 1. The smallest absolute Gasteiger partial charge is 0.237 e. The Morgan fingerprint density at radius 2 is 1.87 bits per heavy atom. The van der Waals surface area contributed by atoms with Gasteiger partial charge in [-0.15, -0.1) is 0 Å². The fourth-order valence-electron chi connectivity index (χ4n) is 1.33. The Hall–Kier alpha value is -0.610. The molecule has 0 saturated heterocycles. The van der Waals surface area contributed by atoms with Crippen LogP contribution in [-0.4, -0.2) is 29.7 Å². The van der Waals surface area contributed by atoms with E-state index in [9.17, 15) is 4.79 Å². The minimum atomic E-state index is -0.474. The number of carbonyl (C=O) groups is 1. The van der Waals surface area contributed by atoms with E-state index in [0.29, 0.717) is 12.3 Å². The first kappa shape index (κ1) is 14.4. The molecule has 0 aromatic rings. The van der Waals surface area contributed by atoms with Gasteiger partial charge in [-0.1, -0.05) is 27.7 Å². The van der Waals surface area contributed by atoms with E-state index >= 15 is 0 Å². The lowest BCUT2D eigenvalue weighted by Crippen LogP contribution is -2.49. The lowest BCUT2D eigenvalue weighted by molar-refractivity contribution is -0.124. The molecule has 1 amide bonds. The molecule has 4 nitrogen and oxygen atoms in total. The van der Waals surface area contributed by atoms with Crippen LogP contribution in [0.1, 0.15) is 34.1 Å². The highest BCUT2D eigenvalue weighted by molar-refractivity contribution is 5.81. The summed E-state index contributed by atoms with van der Waals surface area (Å²) < 4.78 is 0. The third kappa shape index (κ3) is 5.74. The molecule has 90 valence electrons. The second kappa shape index (κ2) is 6.80. The molecule has 4 N–H and O–H groups in total. The van der Waals surface area contributed by atoms with Crippen LogP contribution in [0.25, 0.3) is 0 Å². The number of nitrogens with two attached hydrogens (primary N) is 1. The van der Waals surface area contributed by atoms with Crippen LogP contribution in [0.2, 0.25) is 0 Å². The van der Waals surface area contributed by atoms with Crippen molar-refractivity contribution >= 4 is 5.91 Å². The number of aliphatic hydroxyl groups excluding tert-OH is 1. The van der Waals surface area contributed by atoms with E-state index in [2.05, 4.69) is 5.32 Å². The lowest BCUT2D eigenvalue weighted by Gasteiger charge is -2.22. The normalized spacial score (nSPS) is 15.5. The van der Waals surface area contributed by atoms with Crippen molar-refractivity contribution in [3.63, 3.8) is 0 Å². The monoisotopic (exact) mass is 216 g/mol. The molecule has 0 aliphatic rings. The fourth-order valence-corrected chi connectivity index (χ4v) is 1.33. The van der Waals surface area contributed by atoms with Crippen LogP contribution in [0.15, 0.2) is 0 Å². The van der Waals surface area contributed by atoms with Crippen LogP contribution < -0.4 is 11.1 Å². The van der Waals surface area contributed by atoms with Gasteiger partial charge in [-0.05, 0) is 18.3 Å². The second-order valence-electron chi connectivity index (χ2n) is 4.78. The third-order valence-electron chi connectivity index (χ3n) is 2.39. The van der Waals surface area contributed by atoms with Gasteiger partial charge >= 0.3 is 0 Å². The zero-order chi connectivity index (χ0) is 12.0. The quantitative estimate of drug-likeness (QED) is 0.605. The van der Waals surface area contributed by atoms with Gasteiger partial charge < -0.3 is 16.2 Å². The average Bonchev–Trinajstić information content (AvgIpc) is 2.11. The first-order valence-electron chi connectivity index (χ1n) is 5.55. The number of aliphatic hydroxyl groups is 1. The highest BCUT2D eigenvalue weighted by atomic mass is 16.3. The predicted molar refractivity (Wildman–Crippen MR) is 61.3 cm³/mol. The highest BCUT2D eigenvalue weighted by Gasteiger charge is 2.20. The molecule has 0 rings (SSSR count). The molecular formula is C11H24N2O2. The van der Waals surface area contributed by atoms with Gasteiger partial charge in [0, 0.05) is 0 Å². The van der Waals surface area contributed by atoms with Crippen LogP contribution in [0.4, 0.5) is 0 Å². The minimum Gasteiger partial charge on any atom is -0.394 e. The molecule has 0 radical (unpaired) electrons. The molecule has 4 heteroatoms. The second-order valence-corrected chi connectivity index (χ2v) is 4.78. The van der Waals surface area contributed by atoms with Crippen LogP contribution in [-0.2, 0) is 4.79 Å². The molecular weight excluding hydrogens is 192 g/mol. The topological polar surface area (TPSA) is 75.4 Å². The summed E-state index contributed by atoms with van der Waals surface area (Å²) in [4.78, 5) is 11.6. The van der Waals surface area contributed by atoms with E-state index in [1.807, 2.05) is 27.7 Å². The predicted octanol–water partition coefficient (Wildman–Crippen LogP) is 0.493. The maximum Gasteiger partial charge on any atom is 0.237 e. The molecule has 0 aliphatic carbocycles. The van der Waals surface area contributed by atoms with Gasteiger partial charge in [-0.25, -0.2) is 0 Å². The zero-order valence-corrected chi connectivity index (χ0v) is 10.2. The number of hydrogen-bond acceptors (Lipinski definition) is 3. The number of hydrogen-bond donors (Lipinski definition) is 3. The average molecular weight is 216 g/mol. The molecule has 0 saturated carbocycles. The summed E-state index contributed by atoms with van der Waals surface area (Å²) >= 11 is 0. The van der Waals surface area contributed by atoms with E-state index < -0.39 is 6.04 Å². The van der Waals surface area contributed by atoms with Crippen molar-refractivity contribution in [2.75, 3.05) is 6.61 Å². The Bertz CT molecular complexity index is 193. The van der Waals surface area contributed by atoms with Gasteiger partial charge in [-0.2, -0.15) is 0 Å². The maximum atomic E-state index is 11.6. The minimum absolute atomic E-state index is 0.0438. The lowest BCUT2D eigenvalue weighted by atomic mass is 10.0. The number of rotatable bonds is 6. The van der Waals surface area contributed by atoms with Gasteiger partial charge in [0.1, 0.15) is 0 Å². The van der Waals surface area contributed by atoms with Gasteiger partial charge in [0.05, 0.1) is 18.7 Å². The zero-order valence-electron chi connectivity index (χ0n) is 10.2. The van der Waals surface area contributed by atoms with Gasteiger partial charge in [0.25, 0.3) is 0 Å². The van der Waals surface area contributed by atoms with Gasteiger partial charge in [0.2, 0.25) is 5.91 Å². The maximum absolute atomic E-state index is 11.6. The Kier molecular flexibility index (Phi) is 6.52. The SMILES string of the molecule is CC(C)C[C@@H](N)C(=O)NC(CO)C(C)C. The van der Waals surface area contributed by atoms with E-state index in [1.165, 1.54) is 0 Å².